The number of fused-ring (bicyclic) bond motifs is 1. The molecule has 0 atom stereocenters. The van der Waals surface area contributed by atoms with Gasteiger partial charge in [-0.25, -0.2) is 13.8 Å². The molecule has 29 heavy (non-hydrogen) atoms. The van der Waals surface area contributed by atoms with Crippen molar-refractivity contribution in [3.05, 3.63) is 68.2 Å². The van der Waals surface area contributed by atoms with Gasteiger partial charge in [-0.05, 0) is 37.1 Å². The zero-order chi connectivity index (χ0) is 20.3. The molecule has 2 heterocycles. The van der Waals surface area contributed by atoms with Gasteiger partial charge in [0.15, 0.2) is 5.82 Å². The summed E-state index contributed by atoms with van der Waals surface area (Å²) in [5.41, 5.74) is -0.617. The molecule has 1 aromatic heterocycles. The molecule has 2 aliphatic rings. The Morgan fingerprint density at radius 3 is 2.59 bits per heavy atom. The molecular formula is C20H16Cl2F2N4O. The van der Waals surface area contributed by atoms with E-state index in [0.717, 1.165) is 12.8 Å². The van der Waals surface area contributed by atoms with Crippen LogP contribution in [0.1, 0.15) is 24.4 Å². The fourth-order valence-electron chi connectivity index (χ4n) is 3.83. The Balaban J connectivity index is 1.62. The lowest BCUT2D eigenvalue weighted by atomic mass is 9.83. The van der Waals surface area contributed by atoms with Crippen molar-refractivity contribution < 1.29 is 8.78 Å². The minimum absolute atomic E-state index is 0.0187. The van der Waals surface area contributed by atoms with Gasteiger partial charge in [-0.15, -0.1) is 0 Å². The lowest BCUT2D eigenvalue weighted by Crippen LogP contribution is -2.62. The van der Waals surface area contributed by atoms with Gasteiger partial charge in [0.1, 0.15) is 11.3 Å². The molecule has 1 aliphatic heterocycles. The number of nitrogens with one attached hydrogen (secondary N) is 2. The average Bonchev–Trinajstić information content (AvgIpc) is 3.49. The summed E-state index contributed by atoms with van der Waals surface area (Å²) < 4.78 is 30.9. The maximum absolute atomic E-state index is 14.7. The zero-order valence-corrected chi connectivity index (χ0v) is 16.6. The molecule has 3 aromatic rings. The van der Waals surface area contributed by atoms with Gasteiger partial charge >= 0.3 is 0 Å². The zero-order valence-electron chi connectivity index (χ0n) is 15.1. The number of nitrogens with zero attached hydrogens (tertiary/aromatic N) is 2. The van der Waals surface area contributed by atoms with E-state index >= 15 is 0 Å². The van der Waals surface area contributed by atoms with Crippen LogP contribution in [0.3, 0.4) is 0 Å². The second-order valence-electron chi connectivity index (χ2n) is 7.57. The van der Waals surface area contributed by atoms with E-state index in [0.29, 0.717) is 18.8 Å². The Morgan fingerprint density at radius 1 is 1.17 bits per heavy atom. The first-order valence-corrected chi connectivity index (χ1v) is 9.98. The van der Waals surface area contributed by atoms with Crippen molar-refractivity contribution in [2.45, 2.75) is 24.4 Å². The molecule has 0 bridgehead atoms. The minimum Gasteiger partial charge on any atom is -0.373 e. The highest BCUT2D eigenvalue weighted by Gasteiger charge is 2.43. The van der Waals surface area contributed by atoms with E-state index in [2.05, 4.69) is 15.6 Å². The number of rotatable bonds is 4. The Morgan fingerprint density at radius 2 is 1.93 bits per heavy atom. The maximum Gasteiger partial charge on any atom is 0.261 e. The van der Waals surface area contributed by atoms with Crippen molar-refractivity contribution >= 4 is 39.8 Å². The Hall–Kier alpha value is -2.22. The van der Waals surface area contributed by atoms with Crippen molar-refractivity contribution in [3.63, 3.8) is 0 Å². The van der Waals surface area contributed by atoms with Gasteiger partial charge in [0.05, 0.1) is 27.3 Å². The second kappa shape index (κ2) is 6.65. The van der Waals surface area contributed by atoms with Crippen LogP contribution in [-0.4, -0.2) is 22.6 Å². The molecule has 0 spiro atoms. The number of aromatic nitrogens is 2. The third kappa shape index (κ3) is 2.99. The van der Waals surface area contributed by atoms with Crippen LogP contribution in [0.5, 0.6) is 0 Å². The van der Waals surface area contributed by atoms with E-state index in [1.165, 1.54) is 24.5 Å². The Bertz CT molecular complexity index is 1210. The highest BCUT2D eigenvalue weighted by molar-refractivity contribution is 6.42. The molecule has 9 heteroatoms. The largest absolute Gasteiger partial charge is 0.373 e. The Kier molecular flexibility index (Phi) is 4.31. The molecule has 5 nitrogen and oxygen atoms in total. The molecule has 0 unspecified atom stereocenters. The number of benzene rings is 2. The van der Waals surface area contributed by atoms with Crippen LogP contribution in [-0.2, 0) is 5.54 Å². The first kappa shape index (κ1) is 18.8. The van der Waals surface area contributed by atoms with Crippen LogP contribution in [0.25, 0.3) is 10.9 Å². The highest BCUT2D eigenvalue weighted by atomic mass is 35.5. The first-order chi connectivity index (χ1) is 13.9. The van der Waals surface area contributed by atoms with Crippen molar-refractivity contribution in [1.82, 2.24) is 14.9 Å². The highest BCUT2D eigenvalue weighted by Crippen LogP contribution is 2.40. The predicted octanol–water partition coefficient (Wildman–Crippen LogP) is 4.23. The van der Waals surface area contributed by atoms with Crippen LogP contribution in [0.4, 0.5) is 14.5 Å². The lowest BCUT2D eigenvalue weighted by Gasteiger charge is -2.45. The summed E-state index contributed by atoms with van der Waals surface area (Å²) in [6.07, 6.45) is 3.22. The standard InChI is InChI=1S/C20H16Cl2F2N4O/c21-13-3-4-14(23)16(17(13)22)20(7-25-8-20)27-10-5-12-18(15(24)6-10)26-9-28(19(12)29)11-1-2-11/h3-6,9,11,25,27H,1-2,7-8H2. The SMILES string of the molecule is O=c1c2cc(NC3(c4c(F)ccc(Cl)c4Cl)CNC3)cc(F)c2ncn1C1CC1. The fraction of sp³-hybridized carbons (Fsp3) is 0.300. The van der Waals surface area contributed by atoms with Crippen molar-refractivity contribution in [3.8, 4) is 0 Å². The van der Waals surface area contributed by atoms with Crippen LogP contribution in [0.2, 0.25) is 10.0 Å². The molecule has 2 fully saturated rings. The van der Waals surface area contributed by atoms with Gasteiger partial charge in [-0.1, -0.05) is 23.2 Å². The molecule has 2 N–H and O–H groups in total. The predicted molar refractivity (Wildman–Crippen MR) is 109 cm³/mol. The van der Waals surface area contributed by atoms with Crippen molar-refractivity contribution in [2.24, 2.45) is 0 Å². The summed E-state index contributed by atoms with van der Waals surface area (Å²) in [6, 6.07) is 5.59. The maximum atomic E-state index is 14.7. The molecule has 150 valence electrons. The van der Waals surface area contributed by atoms with Crippen LogP contribution < -0.4 is 16.2 Å². The molecule has 1 aliphatic carbocycles. The quantitative estimate of drug-likeness (QED) is 0.600. The van der Waals surface area contributed by atoms with Gasteiger partial charge in [0.2, 0.25) is 0 Å². The normalized spacial score (nSPS) is 17.9. The number of hydrogen-bond acceptors (Lipinski definition) is 4. The van der Waals surface area contributed by atoms with E-state index in [4.69, 9.17) is 23.2 Å². The topological polar surface area (TPSA) is 59.0 Å². The van der Waals surface area contributed by atoms with Crippen molar-refractivity contribution in [2.75, 3.05) is 18.4 Å². The van der Waals surface area contributed by atoms with Crippen LogP contribution >= 0.6 is 23.2 Å². The fourth-order valence-corrected chi connectivity index (χ4v) is 4.33. The second-order valence-corrected chi connectivity index (χ2v) is 8.36. The van der Waals surface area contributed by atoms with E-state index < -0.39 is 17.2 Å². The summed E-state index contributed by atoms with van der Waals surface area (Å²) in [6.45, 7) is 0.728. The molecule has 1 saturated heterocycles. The molecule has 0 amide bonds. The third-order valence-electron chi connectivity index (χ3n) is 5.54. The monoisotopic (exact) mass is 436 g/mol. The summed E-state index contributed by atoms with van der Waals surface area (Å²) in [5.74, 6) is -1.13. The number of halogens is 4. The lowest BCUT2D eigenvalue weighted by molar-refractivity contribution is 0.307. The van der Waals surface area contributed by atoms with Gasteiger partial charge in [-0.2, -0.15) is 0 Å². The van der Waals surface area contributed by atoms with E-state index in [1.54, 1.807) is 10.6 Å². The summed E-state index contributed by atoms with van der Waals surface area (Å²) in [5, 5.41) is 6.79. The molecule has 5 rings (SSSR count). The smallest absolute Gasteiger partial charge is 0.261 e. The van der Waals surface area contributed by atoms with E-state index in [-0.39, 0.29) is 38.1 Å². The third-order valence-corrected chi connectivity index (χ3v) is 6.34. The molecule has 1 saturated carbocycles. The van der Waals surface area contributed by atoms with E-state index in [1.807, 2.05) is 0 Å². The first-order valence-electron chi connectivity index (χ1n) is 9.23. The van der Waals surface area contributed by atoms with Gasteiger partial charge in [0, 0.05) is 30.4 Å². The summed E-state index contributed by atoms with van der Waals surface area (Å²) in [7, 11) is 0. The summed E-state index contributed by atoms with van der Waals surface area (Å²) >= 11 is 12.4. The van der Waals surface area contributed by atoms with E-state index in [9.17, 15) is 13.6 Å². The molecule has 2 aromatic carbocycles. The summed E-state index contributed by atoms with van der Waals surface area (Å²) in [4.78, 5) is 16.9. The van der Waals surface area contributed by atoms with Crippen LogP contribution in [0.15, 0.2) is 35.4 Å². The number of hydrogen-bond donors (Lipinski definition) is 2. The molecular weight excluding hydrogens is 421 g/mol. The number of anilines is 1. The van der Waals surface area contributed by atoms with Gasteiger partial charge < -0.3 is 10.6 Å². The Labute approximate surface area is 174 Å². The minimum atomic E-state index is -0.913. The van der Waals surface area contributed by atoms with Gasteiger partial charge in [-0.3, -0.25) is 9.36 Å². The average molecular weight is 437 g/mol. The molecule has 0 radical (unpaired) electrons. The van der Waals surface area contributed by atoms with Crippen molar-refractivity contribution in [1.29, 1.82) is 0 Å². The van der Waals surface area contributed by atoms with Gasteiger partial charge in [0.25, 0.3) is 5.56 Å². The van der Waals surface area contributed by atoms with Crippen LogP contribution in [0, 0.1) is 11.6 Å².